The summed E-state index contributed by atoms with van der Waals surface area (Å²) in [5, 5.41) is 0. The first kappa shape index (κ1) is 22.0. The Balaban J connectivity index is 1.13. The normalized spacial score (nSPS) is 29.3. The fraction of sp³-hybridized carbons (Fsp3) is 0.429. The lowest BCUT2D eigenvalue weighted by Gasteiger charge is -2.19. The number of benzene rings is 2. The first-order valence-electron chi connectivity index (χ1n) is 12.4. The van der Waals surface area contributed by atoms with Crippen LogP contribution in [-0.2, 0) is 19.2 Å². The highest BCUT2D eigenvalue weighted by Gasteiger charge is 2.61. The number of rotatable bonds is 4. The highest BCUT2D eigenvalue weighted by Crippen LogP contribution is 2.56. The topological polar surface area (TPSA) is 84.0 Å². The number of carbonyl (C=O) groups is 4. The zero-order chi connectivity index (χ0) is 24.4. The summed E-state index contributed by atoms with van der Waals surface area (Å²) in [6.07, 6.45) is 3.18. The number of amides is 3. The fourth-order valence-electron chi connectivity index (χ4n) is 6.75. The number of esters is 1. The van der Waals surface area contributed by atoms with Crippen LogP contribution in [0, 0.1) is 43.4 Å². The van der Waals surface area contributed by atoms with Crippen LogP contribution in [-0.4, -0.2) is 30.2 Å². The summed E-state index contributed by atoms with van der Waals surface area (Å²) in [6, 6.07) is 12.4. The van der Waals surface area contributed by atoms with Gasteiger partial charge >= 0.3 is 5.97 Å². The van der Waals surface area contributed by atoms with Gasteiger partial charge in [-0.1, -0.05) is 6.07 Å². The maximum Gasteiger partial charge on any atom is 0.316 e. The van der Waals surface area contributed by atoms with Gasteiger partial charge in [0.1, 0.15) is 5.75 Å². The van der Waals surface area contributed by atoms with Gasteiger partial charge in [-0.25, -0.2) is 0 Å². The maximum absolute atomic E-state index is 13.0. The Bertz CT molecular complexity index is 1200. The number of hydrogen-bond acceptors (Lipinski definition) is 5. The number of carbonyl (C=O) groups excluding carboxylic acids is 4. The number of nitrogens with zero attached hydrogens (tertiary/aromatic N) is 2. The van der Waals surface area contributed by atoms with Crippen molar-refractivity contribution >= 4 is 35.1 Å². The minimum Gasteiger partial charge on any atom is -0.426 e. The summed E-state index contributed by atoms with van der Waals surface area (Å²) in [7, 11) is 0. The fourth-order valence-corrected chi connectivity index (χ4v) is 6.75. The van der Waals surface area contributed by atoms with E-state index in [2.05, 4.69) is 0 Å². The Hall–Kier alpha value is -3.48. The Morgan fingerprint density at radius 1 is 0.857 bits per heavy atom. The number of ether oxygens (including phenoxy) is 1. The van der Waals surface area contributed by atoms with Crippen LogP contribution in [0.2, 0.25) is 0 Å². The van der Waals surface area contributed by atoms with Crippen molar-refractivity contribution < 1.29 is 23.9 Å². The average molecular weight is 473 g/mol. The molecule has 0 radical (unpaired) electrons. The molecule has 2 heterocycles. The Kier molecular flexibility index (Phi) is 5.06. The van der Waals surface area contributed by atoms with E-state index in [0.29, 0.717) is 23.3 Å². The van der Waals surface area contributed by atoms with Crippen LogP contribution in [0.5, 0.6) is 5.75 Å². The van der Waals surface area contributed by atoms with Gasteiger partial charge in [0.25, 0.3) is 0 Å². The minimum atomic E-state index is -0.556. The molecular formula is C28H28N2O5. The predicted octanol–water partition coefficient (Wildman–Crippen LogP) is 3.80. The van der Waals surface area contributed by atoms with Crippen molar-refractivity contribution in [2.45, 2.75) is 39.5 Å². The van der Waals surface area contributed by atoms with Crippen LogP contribution >= 0.6 is 0 Å². The lowest BCUT2D eigenvalue weighted by molar-refractivity contribution is -0.139. The highest BCUT2D eigenvalue weighted by molar-refractivity contribution is 6.22. The van der Waals surface area contributed by atoms with Gasteiger partial charge in [-0.05, 0) is 92.5 Å². The first-order valence-corrected chi connectivity index (χ1v) is 12.4. The van der Waals surface area contributed by atoms with Crippen LogP contribution in [0.1, 0.15) is 36.8 Å². The van der Waals surface area contributed by atoms with Gasteiger partial charge < -0.3 is 9.64 Å². The molecule has 35 heavy (non-hydrogen) atoms. The van der Waals surface area contributed by atoms with Gasteiger partial charge in [0.05, 0.1) is 23.4 Å². The van der Waals surface area contributed by atoms with E-state index in [9.17, 15) is 19.2 Å². The SMILES string of the molecule is Cc1cc(C)cc(N2C[C@H](C(=O)Oc3ccc(N4C(=O)[C@@H]5[C@@H]6CC[C@@H](C6)[C@@H]5C4=O)cc3)CC2=O)c1. The summed E-state index contributed by atoms with van der Waals surface area (Å²) >= 11 is 0. The molecule has 3 amide bonds. The van der Waals surface area contributed by atoms with Gasteiger partial charge in [-0.2, -0.15) is 0 Å². The molecule has 0 unspecified atom stereocenters. The molecule has 2 aromatic rings. The molecule has 2 aliphatic heterocycles. The highest BCUT2D eigenvalue weighted by atomic mass is 16.5. The number of imide groups is 1. The van der Waals surface area contributed by atoms with Crippen molar-refractivity contribution in [1.29, 1.82) is 0 Å². The molecule has 0 N–H and O–H groups in total. The minimum absolute atomic E-state index is 0.0899. The molecule has 0 spiro atoms. The van der Waals surface area contributed by atoms with Crippen LogP contribution in [0.15, 0.2) is 42.5 Å². The van der Waals surface area contributed by atoms with Crippen molar-refractivity contribution in [1.82, 2.24) is 0 Å². The first-order chi connectivity index (χ1) is 16.8. The molecule has 2 aromatic carbocycles. The third-order valence-electron chi connectivity index (χ3n) is 8.22. The standard InChI is InChI=1S/C28H28N2O5/c1-15-9-16(2)11-21(10-15)29-14-19(13-23(29)31)28(34)35-22-7-5-20(6-8-22)30-26(32)24-17-3-4-18(12-17)25(24)27(30)33/h5-11,17-19,24-25H,3-4,12-14H2,1-2H3/t17-,18+,19-,24-,25+/m1/s1. The van der Waals surface area contributed by atoms with Gasteiger partial charge in [-0.15, -0.1) is 0 Å². The van der Waals surface area contributed by atoms with Crippen molar-refractivity contribution in [2.24, 2.45) is 29.6 Å². The molecule has 0 aromatic heterocycles. The molecule has 4 aliphatic rings. The molecule has 7 heteroatoms. The predicted molar refractivity (Wildman–Crippen MR) is 129 cm³/mol. The number of hydrogen-bond donors (Lipinski definition) is 0. The van der Waals surface area contributed by atoms with Crippen LogP contribution in [0.25, 0.3) is 0 Å². The van der Waals surface area contributed by atoms with Gasteiger partial charge in [-0.3, -0.25) is 24.1 Å². The molecule has 5 atom stereocenters. The van der Waals surface area contributed by atoms with Crippen LogP contribution in [0.4, 0.5) is 11.4 Å². The molecular weight excluding hydrogens is 444 g/mol. The average Bonchev–Trinajstić information content (AvgIpc) is 3.57. The number of fused-ring (bicyclic) bond motifs is 5. The van der Waals surface area contributed by atoms with E-state index in [1.165, 1.54) is 4.90 Å². The van der Waals surface area contributed by atoms with E-state index >= 15 is 0 Å². The van der Waals surface area contributed by atoms with E-state index in [1.807, 2.05) is 32.0 Å². The summed E-state index contributed by atoms with van der Waals surface area (Å²) in [4.78, 5) is 54.4. The zero-order valence-corrected chi connectivity index (χ0v) is 19.9. The second kappa shape index (κ2) is 8.04. The van der Waals surface area contributed by atoms with E-state index in [1.54, 1.807) is 29.2 Å². The molecule has 2 saturated heterocycles. The summed E-state index contributed by atoms with van der Waals surface area (Å²) in [5.74, 6) is -0.628. The zero-order valence-electron chi connectivity index (χ0n) is 19.9. The summed E-state index contributed by atoms with van der Waals surface area (Å²) in [5.41, 5.74) is 3.44. The lowest BCUT2D eigenvalue weighted by atomic mass is 9.81. The Morgan fingerprint density at radius 2 is 1.46 bits per heavy atom. The maximum atomic E-state index is 13.0. The molecule has 4 fully saturated rings. The van der Waals surface area contributed by atoms with Gasteiger partial charge in [0.2, 0.25) is 17.7 Å². The van der Waals surface area contributed by atoms with Gasteiger partial charge in [0.15, 0.2) is 0 Å². The number of aryl methyl sites for hydroxylation is 2. The van der Waals surface area contributed by atoms with Crippen molar-refractivity contribution in [3.63, 3.8) is 0 Å². The molecule has 2 aliphatic carbocycles. The summed E-state index contributed by atoms with van der Waals surface area (Å²) in [6.45, 7) is 4.24. The lowest BCUT2D eigenvalue weighted by Crippen LogP contribution is -2.32. The smallest absolute Gasteiger partial charge is 0.316 e. The molecule has 7 nitrogen and oxygen atoms in total. The van der Waals surface area contributed by atoms with E-state index < -0.39 is 11.9 Å². The third-order valence-corrected chi connectivity index (χ3v) is 8.22. The quantitative estimate of drug-likeness (QED) is 0.384. The van der Waals surface area contributed by atoms with Crippen LogP contribution in [0.3, 0.4) is 0 Å². The molecule has 6 rings (SSSR count). The molecule has 180 valence electrons. The second-order valence-corrected chi connectivity index (χ2v) is 10.6. The third kappa shape index (κ3) is 3.56. The van der Waals surface area contributed by atoms with Crippen molar-refractivity contribution in [3.8, 4) is 5.75 Å². The van der Waals surface area contributed by atoms with Gasteiger partial charge in [0, 0.05) is 18.7 Å². The Morgan fingerprint density at radius 3 is 2.06 bits per heavy atom. The largest absolute Gasteiger partial charge is 0.426 e. The van der Waals surface area contributed by atoms with E-state index in [0.717, 1.165) is 36.1 Å². The molecule has 2 saturated carbocycles. The van der Waals surface area contributed by atoms with E-state index in [-0.39, 0.29) is 42.5 Å². The second-order valence-electron chi connectivity index (χ2n) is 10.6. The Labute approximate surface area is 204 Å². The van der Waals surface area contributed by atoms with Crippen molar-refractivity contribution in [2.75, 3.05) is 16.3 Å². The van der Waals surface area contributed by atoms with Crippen LogP contribution < -0.4 is 14.5 Å². The monoisotopic (exact) mass is 472 g/mol. The number of anilines is 2. The van der Waals surface area contributed by atoms with Crippen molar-refractivity contribution in [3.05, 3.63) is 53.6 Å². The summed E-state index contributed by atoms with van der Waals surface area (Å²) < 4.78 is 5.56. The molecule has 2 bridgehead atoms. The van der Waals surface area contributed by atoms with E-state index in [4.69, 9.17) is 4.74 Å².